The van der Waals surface area contributed by atoms with Crippen LogP contribution in [0.4, 0.5) is 5.69 Å². The van der Waals surface area contributed by atoms with E-state index in [0.717, 1.165) is 16.8 Å². The van der Waals surface area contributed by atoms with Crippen molar-refractivity contribution in [3.05, 3.63) is 74.2 Å². The largest absolute Gasteiger partial charge is 0.399 e. The molecule has 0 aliphatic rings. The lowest BCUT2D eigenvalue weighted by molar-refractivity contribution is 0.792. The molecule has 0 fully saturated rings. The number of nitrogens with two attached hydrogens (primary N) is 1. The molecular formula is C16H13ClN2OS. The van der Waals surface area contributed by atoms with Crippen molar-refractivity contribution in [3.8, 4) is 11.3 Å². The molecule has 106 valence electrons. The molecule has 21 heavy (non-hydrogen) atoms. The molecule has 0 atom stereocenters. The average Bonchev–Trinajstić information content (AvgIpc) is 2.80. The zero-order chi connectivity index (χ0) is 14.8. The number of halogens is 1. The first-order chi connectivity index (χ1) is 10.1. The van der Waals surface area contributed by atoms with Crippen molar-refractivity contribution in [2.45, 2.75) is 6.54 Å². The van der Waals surface area contributed by atoms with Gasteiger partial charge in [0.05, 0.1) is 12.2 Å². The van der Waals surface area contributed by atoms with Crippen molar-refractivity contribution >= 4 is 28.6 Å². The van der Waals surface area contributed by atoms with Crippen LogP contribution in [-0.2, 0) is 6.54 Å². The maximum absolute atomic E-state index is 12.1. The van der Waals surface area contributed by atoms with Crippen LogP contribution in [0, 0.1) is 0 Å². The molecule has 0 spiro atoms. The van der Waals surface area contributed by atoms with E-state index in [-0.39, 0.29) is 4.87 Å². The van der Waals surface area contributed by atoms with Gasteiger partial charge in [0.2, 0.25) is 0 Å². The van der Waals surface area contributed by atoms with Crippen LogP contribution in [0.3, 0.4) is 0 Å². The third kappa shape index (κ3) is 3.01. The molecule has 0 amide bonds. The normalized spacial score (nSPS) is 10.7. The summed E-state index contributed by atoms with van der Waals surface area (Å²) in [6.45, 7) is 0.493. The van der Waals surface area contributed by atoms with Gasteiger partial charge in [0.15, 0.2) is 0 Å². The zero-order valence-corrected chi connectivity index (χ0v) is 12.7. The monoisotopic (exact) mass is 316 g/mol. The van der Waals surface area contributed by atoms with Gasteiger partial charge >= 0.3 is 4.87 Å². The summed E-state index contributed by atoms with van der Waals surface area (Å²) in [6.07, 6.45) is 0. The fraction of sp³-hybridized carbons (Fsp3) is 0.0625. The molecule has 2 aromatic carbocycles. The van der Waals surface area contributed by atoms with Crippen LogP contribution in [0.5, 0.6) is 0 Å². The van der Waals surface area contributed by atoms with Crippen LogP contribution in [0.15, 0.2) is 58.7 Å². The lowest BCUT2D eigenvalue weighted by Crippen LogP contribution is -2.15. The maximum atomic E-state index is 12.1. The van der Waals surface area contributed by atoms with Gasteiger partial charge in [-0.2, -0.15) is 0 Å². The smallest absolute Gasteiger partial charge is 0.307 e. The van der Waals surface area contributed by atoms with Crippen LogP contribution < -0.4 is 10.6 Å². The minimum Gasteiger partial charge on any atom is -0.399 e. The van der Waals surface area contributed by atoms with Crippen molar-refractivity contribution < 1.29 is 0 Å². The standard InChI is InChI=1S/C16H13ClN2OS/c17-13-5-1-3-11(7-13)9-19-15(10-21-16(19)20)12-4-2-6-14(18)8-12/h1-8,10H,9,18H2. The molecule has 2 N–H and O–H groups in total. The molecule has 0 aliphatic heterocycles. The van der Waals surface area contributed by atoms with Crippen molar-refractivity contribution in [1.29, 1.82) is 0 Å². The first-order valence-corrected chi connectivity index (χ1v) is 7.68. The fourth-order valence-electron chi connectivity index (χ4n) is 2.22. The molecule has 0 saturated carbocycles. The van der Waals surface area contributed by atoms with E-state index >= 15 is 0 Å². The zero-order valence-electron chi connectivity index (χ0n) is 11.1. The van der Waals surface area contributed by atoms with Crippen LogP contribution >= 0.6 is 22.9 Å². The number of nitrogen functional groups attached to an aromatic ring is 1. The quantitative estimate of drug-likeness (QED) is 0.746. The summed E-state index contributed by atoms with van der Waals surface area (Å²) in [6, 6.07) is 15.1. The highest BCUT2D eigenvalue weighted by Crippen LogP contribution is 2.23. The maximum Gasteiger partial charge on any atom is 0.307 e. The van der Waals surface area contributed by atoms with E-state index in [9.17, 15) is 4.79 Å². The summed E-state index contributed by atoms with van der Waals surface area (Å²) < 4.78 is 1.74. The second kappa shape index (κ2) is 5.76. The van der Waals surface area contributed by atoms with Gasteiger partial charge < -0.3 is 5.73 Å². The van der Waals surface area contributed by atoms with Gasteiger partial charge in [-0.05, 0) is 29.8 Å². The summed E-state index contributed by atoms with van der Waals surface area (Å²) in [7, 11) is 0. The highest BCUT2D eigenvalue weighted by Gasteiger charge is 2.10. The summed E-state index contributed by atoms with van der Waals surface area (Å²) in [5, 5.41) is 2.53. The van der Waals surface area contributed by atoms with E-state index in [1.807, 2.05) is 53.9 Å². The van der Waals surface area contributed by atoms with Gasteiger partial charge in [-0.3, -0.25) is 9.36 Å². The van der Waals surface area contributed by atoms with Crippen LogP contribution in [-0.4, -0.2) is 4.57 Å². The van der Waals surface area contributed by atoms with E-state index in [4.69, 9.17) is 17.3 Å². The Morgan fingerprint density at radius 2 is 1.95 bits per heavy atom. The summed E-state index contributed by atoms with van der Waals surface area (Å²) in [5.74, 6) is 0. The Balaban J connectivity index is 2.03. The highest BCUT2D eigenvalue weighted by molar-refractivity contribution is 7.07. The van der Waals surface area contributed by atoms with Gasteiger partial charge in [-0.1, -0.05) is 47.2 Å². The molecule has 0 unspecified atom stereocenters. The number of rotatable bonds is 3. The molecule has 0 aliphatic carbocycles. The Bertz CT molecular complexity index is 838. The molecule has 3 nitrogen and oxygen atoms in total. The molecule has 0 radical (unpaired) electrons. The van der Waals surface area contributed by atoms with Gasteiger partial charge in [-0.25, -0.2) is 0 Å². The Hall–Kier alpha value is -2.04. The second-order valence-electron chi connectivity index (χ2n) is 4.73. The molecule has 3 rings (SSSR count). The van der Waals surface area contributed by atoms with E-state index in [1.54, 1.807) is 4.57 Å². The first kappa shape index (κ1) is 13.9. The van der Waals surface area contributed by atoms with Crippen LogP contribution in [0.25, 0.3) is 11.3 Å². The van der Waals surface area contributed by atoms with E-state index in [1.165, 1.54) is 11.3 Å². The highest BCUT2D eigenvalue weighted by atomic mass is 35.5. The van der Waals surface area contributed by atoms with Gasteiger partial charge in [0, 0.05) is 21.7 Å². The molecule has 3 aromatic rings. The molecule has 1 aromatic heterocycles. The van der Waals surface area contributed by atoms with Crippen molar-refractivity contribution in [2.75, 3.05) is 5.73 Å². The number of thiazole rings is 1. The van der Waals surface area contributed by atoms with Crippen LogP contribution in [0.1, 0.15) is 5.56 Å². The molecule has 5 heteroatoms. The Morgan fingerprint density at radius 1 is 1.14 bits per heavy atom. The van der Waals surface area contributed by atoms with Crippen molar-refractivity contribution in [1.82, 2.24) is 4.57 Å². The van der Waals surface area contributed by atoms with E-state index in [2.05, 4.69) is 0 Å². The summed E-state index contributed by atoms with van der Waals surface area (Å²) >= 11 is 7.19. The topological polar surface area (TPSA) is 48.0 Å². The number of hydrogen-bond donors (Lipinski definition) is 1. The third-order valence-electron chi connectivity index (χ3n) is 3.19. The van der Waals surface area contributed by atoms with E-state index in [0.29, 0.717) is 17.3 Å². The van der Waals surface area contributed by atoms with Crippen molar-refractivity contribution in [2.24, 2.45) is 0 Å². The first-order valence-electron chi connectivity index (χ1n) is 6.42. The Labute approximate surface area is 131 Å². The summed E-state index contributed by atoms with van der Waals surface area (Å²) in [5.41, 5.74) is 9.31. The number of anilines is 1. The third-order valence-corrected chi connectivity index (χ3v) is 4.19. The van der Waals surface area contributed by atoms with Gasteiger partial charge in [0.25, 0.3) is 0 Å². The Kier molecular flexibility index (Phi) is 3.82. The molecular weight excluding hydrogens is 304 g/mol. The molecule has 0 saturated heterocycles. The molecule has 1 heterocycles. The minimum atomic E-state index is 0.00685. The Morgan fingerprint density at radius 3 is 2.71 bits per heavy atom. The van der Waals surface area contributed by atoms with Gasteiger partial charge in [-0.15, -0.1) is 0 Å². The second-order valence-corrected chi connectivity index (χ2v) is 5.99. The van der Waals surface area contributed by atoms with Gasteiger partial charge in [0.1, 0.15) is 0 Å². The van der Waals surface area contributed by atoms with Crippen molar-refractivity contribution in [3.63, 3.8) is 0 Å². The number of hydrogen-bond acceptors (Lipinski definition) is 3. The lowest BCUT2D eigenvalue weighted by atomic mass is 10.1. The lowest BCUT2D eigenvalue weighted by Gasteiger charge is -2.09. The number of aromatic nitrogens is 1. The predicted octanol–water partition coefficient (Wildman–Crippen LogP) is 3.86. The fourth-order valence-corrected chi connectivity index (χ4v) is 3.20. The predicted molar refractivity (Wildman–Crippen MR) is 89.0 cm³/mol. The molecule has 0 bridgehead atoms. The summed E-state index contributed by atoms with van der Waals surface area (Å²) in [4.78, 5) is 12.1. The SMILES string of the molecule is Nc1cccc(-c2csc(=O)n2Cc2cccc(Cl)c2)c1. The average molecular weight is 317 g/mol. The van der Waals surface area contributed by atoms with E-state index < -0.39 is 0 Å². The minimum absolute atomic E-state index is 0.00685. The van der Waals surface area contributed by atoms with Crippen LogP contribution in [0.2, 0.25) is 5.02 Å². The number of nitrogens with zero attached hydrogens (tertiary/aromatic N) is 1. The number of benzene rings is 2.